The van der Waals surface area contributed by atoms with Crippen LogP contribution < -0.4 is 5.73 Å². The fourth-order valence-corrected chi connectivity index (χ4v) is 1.39. The molecule has 0 aliphatic rings. The average Bonchev–Trinajstić information content (AvgIpc) is 2.28. The molecule has 2 N–H and O–H groups in total. The van der Waals surface area contributed by atoms with Gasteiger partial charge in [-0.25, -0.2) is 0 Å². The molecule has 4 nitrogen and oxygen atoms in total. The van der Waals surface area contributed by atoms with Crippen molar-refractivity contribution in [2.24, 2.45) is 5.73 Å². The normalized spacial score (nSPS) is 11.6. The predicted molar refractivity (Wildman–Crippen MR) is 61.5 cm³/mol. The maximum absolute atomic E-state index is 11.5. The van der Waals surface area contributed by atoms with Crippen LogP contribution in [0.25, 0.3) is 0 Å². The second kappa shape index (κ2) is 5.29. The summed E-state index contributed by atoms with van der Waals surface area (Å²) in [5.41, 5.74) is 7.33. The van der Waals surface area contributed by atoms with Crippen molar-refractivity contribution in [2.45, 2.75) is 12.5 Å². The number of nitrogens with two attached hydrogens (primary N) is 1. The highest BCUT2D eigenvalue weighted by Gasteiger charge is 2.15. The first-order chi connectivity index (χ1) is 7.54. The van der Waals surface area contributed by atoms with Gasteiger partial charge in [-0.1, -0.05) is 12.1 Å². The van der Waals surface area contributed by atoms with Crippen molar-refractivity contribution in [3.63, 3.8) is 0 Å². The predicted octanol–water partition coefficient (Wildman–Crippen LogP) is 0.516. The molecule has 0 bridgehead atoms. The van der Waals surface area contributed by atoms with Gasteiger partial charge in [0.05, 0.1) is 17.7 Å². The lowest BCUT2D eigenvalue weighted by atomic mass is 10.0. The molecule has 1 aromatic carbocycles. The van der Waals surface area contributed by atoms with E-state index >= 15 is 0 Å². The zero-order valence-electron chi connectivity index (χ0n) is 9.47. The Morgan fingerprint density at radius 1 is 1.44 bits per heavy atom. The minimum atomic E-state index is -0.525. The molecule has 1 aromatic rings. The number of benzene rings is 1. The summed E-state index contributed by atoms with van der Waals surface area (Å²) < 4.78 is 0. The zero-order valence-corrected chi connectivity index (χ0v) is 9.47. The van der Waals surface area contributed by atoms with Crippen molar-refractivity contribution < 1.29 is 4.79 Å². The molecule has 4 heteroatoms. The van der Waals surface area contributed by atoms with E-state index in [1.165, 1.54) is 4.90 Å². The fraction of sp³-hybridized carbons (Fsp3) is 0.333. The van der Waals surface area contributed by atoms with E-state index in [4.69, 9.17) is 11.0 Å². The third-order valence-corrected chi connectivity index (χ3v) is 2.30. The Hall–Kier alpha value is -1.86. The molecule has 0 spiro atoms. The molecule has 0 aliphatic heterocycles. The number of hydrogen-bond donors (Lipinski definition) is 1. The number of carbonyl (C=O) groups is 1. The molecule has 16 heavy (non-hydrogen) atoms. The monoisotopic (exact) mass is 217 g/mol. The minimum absolute atomic E-state index is 0.0932. The first-order valence-electron chi connectivity index (χ1n) is 5.00. The second-order valence-electron chi connectivity index (χ2n) is 3.85. The largest absolute Gasteiger partial charge is 0.347 e. The first kappa shape index (κ1) is 12.2. The number of nitriles is 1. The van der Waals surface area contributed by atoms with Crippen molar-refractivity contribution >= 4 is 5.91 Å². The minimum Gasteiger partial charge on any atom is -0.347 e. The summed E-state index contributed by atoms with van der Waals surface area (Å²) in [4.78, 5) is 13.0. The Bertz CT molecular complexity index is 403. The molecule has 0 aliphatic carbocycles. The third-order valence-electron chi connectivity index (χ3n) is 2.30. The molecule has 0 aromatic heterocycles. The van der Waals surface area contributed by atoms with Crippen LogP contribution >= 0.6 is 0 Å². The Kier molecular flexibility index (Phi) is 4.03. The molecular formula is C12H15N3O. The summed E-state index contributed by atoms with van der Waals surface area (Å²) >= 11 is 0. The van der Waals surface area contributed by atoms with Crippen molar-refractivity contribution in [1.29, 1.82) is 5.26 Å². The van der Waals surface area contributed by atoms with E-state index < -0.39 is 6.04 Å². The van der Waals surface area contributed by atoms with Crippen LogP contribution in [0.5, 0.6) is 0 Å². The van der Waals surface area contributed by atoms with Crippen LogP contribution in [0.2, 0.25) is 0 Å². The Morgan fingerprint density at radius 2 is 2.00 bits per heavy atom. The molecule has 0 saturated carbocycles. The maximum Gasteiger partial charge on any atom is 0.239 e. The second-order valence-corrected chi connectivity index (χ2v) is 3.85. The van der Waals surface area contributed by atoms with E-state index in [9.17, 15) is 4.79 Å². The van der Waals surface area contributed by atoms with Crippen LogP contribution in [0.3, 0.4) is 0 Å². The van der Waals surface area contributed by atoms with Crippen LogP contribution in [0.15, 0.2) is 24.3 Å². The highest BCUT2D eigenvalue weighted by Crippen LogP contribution is 2.06. The number of likely N-dealkylation sites (N-methyl/N-ethyl adjacent to an activating group) is 1. The lowest BCUT2D eigenvalue weighted by Gasteiger charge is -2.16. The summed E-state index contributed by atoms with van der Waals surface area (Å²) in [6.07, 6.45) is 0.489. The van der Waals surface area contributed by atoms with Gasteiger partial charge in [-0.3, -0.25) is 4.79 Å². The molecule has 1 atom stereocenters. The molecule has 0 heterocycles. The Labute approximate surface area is 95.3 Å². The van der Waals surface area contributed by atoms with Crippen LogP contribution in [0, 0.1) is 11.3 Å². The third kappa shape index (κ3) is 3.07. The summed E-state index contributed by atoms with van der Waals surface area (Å²) in [6.45, 7) is 0. The van der Waals surface area contributed by atoms with Gasteiger partial charge in [-0.15, -0.1) is 0 Å². The summed E-state index contributed by atoms with van der Waals surface area (Å²) in [6, 6.07) is 8.61. The Balaban J connectivity index is 2.67. The number of amides is 1. The van der Waals surface area contributed by atoms with E-state index in [1.807, 2.05) is 18.2 Å². The fourth-order valence-electron chi connectivity index (χ4n) is 1.39. The van der Waals surface area contributed by atoms with Crippen LogP contribution in [-0.4, -0.2) is 30.9 Å². The van der Waals surface area contributed by atoms with E-state index in [0.717, 1.165) is 5.56 Å². The van der Waals surface area contributed by atoms with Crippen LogP contribution in [0.1, 0.15) is 11.1 Å². The molecular weight excluding hydrogens is 202 g/mol. The molecule has 0 radical (unpaired) electrons. The van der Waals surface area contributed by atoms with Gasteiger partial charge in [0.1, 0.15) is 0 Å². The van der Waals surface area contributed by atoms with E-state index in [0.29, 0.717) is 12.0 Å². The van der Waals surface area contributed by atoms with Gasteiger partial charge in [0.2, 0.25) is 5.91 Å². The Morgan fingerprint density at radius 3 is 2.44 bits per heavy atom. The van der Waals surface area contributed by atoms with Gasteiger partial charge in [-0.05, 0) is 24.1 Å². The highest BCUT2D eigenvalue weighted by molar-refractivity contribution is 5.81. The summed E-state index contributed by atoms with van der Waals surface area (Å²) in [5.74, 6) is -0.0932. The maximum atomic E-state index is 11.5. The smallest absolute Gasteiger partial charge is 0.239 e. The first-order valence-corrected chi connectivity index (χ1v) is 5.00. The van der Waals surface area contributed by atoms with Gasteiger partial charge in [0.15, 0.2) is 0 Å². The van der Waals surface area contributed by atoms with E-state index in [1.54, 1.807) is 26.2 Å². The van der Waals surface area contributed by atoms with Gasteiger partial charge in [0.25, 0.3) is 0 Å². The number of rotatable bonds is 3. The van der Waals surface area contributed by atoms with Crippen LogP contribution in [0.4, 0.5) is 0 Å². The van der Waals surface area contributed by atoms with Gasteiger partial charge in [0, 0.05) is 14.1 Å². The lowest BCUT2D eigenvalue weighted by Crippen LogP contribution is -2.41. The quantitative estimate of drug-likeness (QED) is 0.802. The van der Waals surface area contributed by atoms with Crippen LogP contribution in [-0.2, 0) is 11.2 Å². The van der Waals surface area contributed by atoms with Crippen molar-refractivity contribution in [2.75, 3.05) is 14.1 Å². The summed E-state index contributed by atoms with van der Waals surface area (Å²) in [5, 5.41) is 8.64. The average molecular weight is 217 g/mol. The molecule has 0 fully saturated rings. The SMILES string of the molecule is CN(C)C(=O)[C@@H](N)Cc1ccc(C#N)cc1. The van der Waals surface area contributed by atoms with Crippen molar-refractivity contribution in [1.82, 2.24) is 4.90 Å². The molecule has 1 amide bonds. The molecule has 0 saturated heterocycles. The molecule has 1 rings (SSSR count). The van der Waals surface area contributed by atoms with Gasteiger partial charge >= 0.3 is 0 Å². The number of carbonyl (C=O) groups excluding carboxylic acids is 1. The summed E-state index contributed by atoms with van der Waals surface area (Å²) in [7, 11) is 3.36. The lowest BCUT2D eigenvalue weighted by molar-refractivity contribution is -0.130. The molecule has 0 unspecified atom stereocenters. The highest BCUT2D eigenvalue weighted by atomic mass is 16.2. The standard InChI is InChI=1S/C12H15N3O/c1-15(2)12(16)11(14)7-9-3-5-10(8-13)6-4-9/h3-6,11H,7,14H2,1-2H3/t11-/m0/s1. The van der Waals surface area contributed by atoms with E-state index in [2.05, 4.69) is 0 Å². The van der Waals surface area contributed by atoms with Crippen molar-refractivity contribution in [3.8, 4) is 6.07 Å². The number of hydrogen-bond acceptors (Lipinski definition) is 3. The van der Waals surface area contributed by atoms with Gasteiger partial charge in [-0.2, -0.15) is 5.26 Å². The van der Waals surface area contributed by atoms with E-state index in [-0.39, 0.29) is 5.91 Å². The molecule has 84 valence electrons. The van der Waals surface area contributed by atoms with Gasteiger partial charge < -0.3 is 10.6 Å². The number of nitrogens with zero attached hydrogens (tertiary/aromatic N) is 2. The zero-order chi connectivity index (χ0) is 12.1. The topological polar surface area (TPSA) is 70.1 Å². The van der Waals surface area contributed by atoms with Crippen molar-refractivity contribution in [3.05, 3.63) is 35.4 Å².